The monoisotopic (exact) mass is 202 g/mol. The van der Waals surface area contributed by atoms with Gasteiger partial charge in [-0.05, 0) is 37.1 Å². The third-order valence-electron chi connectivity index (χ3n) is 2.25. The van der Waals surface area contributed by atoms with Crippen LogP contribution in [0.25, 0.3) is 0 Å². The van der Waals surface area contributed by atoms with E-state index in [0.29, 0.717) is 0 Å². The lowest BCUT2D eigenvalue weighted by molar-refractivity contribution is -0.116. The van der Waals surface area contributed by atoms with Gasteiger partial charge in [0.15, 0.2) is 0 Å². The highest BCUT2D eigenvalue weighted by molar-refractivity contribution is 5.90. The van der Waals surface area contributed by atoms with Crippen molar-refractivity contribution in [2.45, 2.75) is 26.7 Å². The lowest BCUT2D eigenvalue weighted by atomic mass is 10.1. The molecule has 0 unspecified atom stereocenters. The van der Waals surface area contributed by atoms with E-state index in [1.54, 1.807) is 0 Å². The van der Waals surface area contributed by atoms with Gasteiger partial charge in [0.25, 0.3) is 0 Å². The molecule has 0 bridgehead atoms. The standard InChI is InChI=1S/C12H14N2O/c1-9-5-6-11(8-10(9)2)14-12(15)4-3-7-13/h5-6,8H,3-4H2,1-2H3,(H,14,15). The van der Waals surface area contributed by atoms with Crippen LogP contribution in [0.1, 0.15) is 24.0 Å². The zero-order valence-electron chi connectivity index (χ0n) is 9.00. The highest BCUT2D eigenvalue weighted by atomic mass is 16.1. The Morgan fingerprint density at radius 1 is 1.40 bits per heavy atom. The topological polar surface area (TPSA) is 52.9 Å². The fourth-order valence-electron chi connectivity index (χ4n) is 1.21. The second kappa shape index (κ2) is 5.16. The normalized spacial score (nSPS) is 9.40. The van der Waals surface area contributed by atoms with Gasteiger partial charge in [-0.15, -0.1) is 0 Å². The first-order valence-electron chi connectivity index (χ1n) is 4.87. The van der Waals surface area contributed by atoms with Crippen LogP contribution in [0.4, 0.5) is 5.69 Å². The number of aryl methyl sites for hydroxylation is 2. The van der Waals surface area contributed by atoms with Crippen molar-refractivity contribution >= 4 is 11.6 Å². The molecule has 0 aliphatic rings. The maximum Gasteiger partial charge on any atom is 0.225 e. The van der Waals surface area contributed by atoms with Gasteiger partial charge in [0.05, 0.1) is 6.07 Å². The van der Waals surface area contributed by atoms with E-state index in [1.807, 2.05) is 38.1 Å². The van der Waals surface area contributed by atoms with E-state index in [9.17, 15) is 4.79 Å². The van der Waals surface area contributed by atoms with Crippen LogP contribution in [-0.4, -0.2) is 5.91 Å². The highest BCUT2D eigenvalue weighted by Crippen LogP contribution is 2.14. The summed E-state index contributed by atoms with van der Waals surface area (Å²) in [4.78, 5) is 11.3. The fraction of sp³-hybridized carbons (Fsp3) is 0.333. The quantitative estimate of drug-likeness (QED) is 0.818. The number of nitrogens with one attached hydrogen (secondary N) is 1. The van der Waals surface area contributed by atoms with Gasteiger partial charge in [-0.25, -0.2) is 0 Å². The summed E-state index contributed by atoms with van der Waals surface area (Å²) in [6.45, 7) is 4.02. The lowest BCUT2D eigenvalue weighted by Crippen LogP contribution is -2.10. The third-order valence-corrected chi connectivity index (χ3v) is 2.25. The maximum atomic E-state index is 11.3. The van der Waals surface area contributed by atoms with Gasteiger partial charge in [-0.2, -0.15) is 5.26 Å². The maximum absolute atomic E-state index is 11.3. The molecular weight excluding hydrogens is 188 g/mol. The molecule has 1 aromatic carbocycles. The lowest BCUT2D eigenvalue weighted by Gasteiger charge is -2.06. The van der Waals surface area contributed by atoms with Gasteiger partial charge >= 0.3 is 0 Å². The molecule has 0 aliphatic heterocycles. The number of amides is 1. The molecule has 0 heterocycles. The Bertz CT molecular complexity index is 405. The van der Waals surface area contributed by atoms with Gasteiger partial charge in [-0.3, -0.25) is 4.79 Å². The van der Waals surface area contributed by atoms with Crippen LogP contribution in [0.2, 0.25) is 0 Å². The minimum absolute atomic E-state index is 0.111. The molecule has 0 atom stereocenters. The molecule has 0 aromatic heterocycles. The van der Waals surface area contributed by atoms with Crippen molar-refractivity contribution < 1.29 is 4.79 Å². The van der Waals surface area contributed by atoms with Crippen molar-refractivity contribution in [2.24, 2.45) is 0 Å². The van der Waals surface area contributed by atoms with Gasteiger partial charge in [-0.1, -0.05) is 6.07 Å². The molecular formula is C12H14N2O. The Labute approximate surface area is 89.7 Å². The van der Waals surface area contributed by atoms with Crippen molar-refractivity contribution in [3.05, 3.63) is 29.3 Å². The Hall–Kier alpha value is -1.82. The van der Waals surface area contributed by atoms with Crippen LogP contribution in [0.15, 0.2) is 18.2 Å². The van der Waals surface area contributed by atoms with Crippen molar-refractivity contribution in [3.63, 3.8) is 0 Å². The first kappa shape index (κ1) is 11.3. The number of carbonyl (C=O) groups is 1. The first-order chi connectivity index (χ1) is 7.13. The Kier molecular flexibility index (Phi) is 3.87. The van der Waals surface area contributed by atoms with E-state index >= 15 is 0 Å². The van der Waals surface area contributed by atoms with Crippen molar-refractivity contribution in [1.29, 1.82) is 5.26 Å². The number of nitriles is 1. The van der Waals surface area contributed by atoms with Crippen LogP contribution in [-0.2, 0) is 4.79 Å². The predicted octanol–water partition coefficient (Wildman–Crippen LogP) is 2.55. The Morgan fingerprint density at radius 2 is 2.13 bits per heavy atom. The number of anilines is 1. The minimum Gasteiger partial charge on any atom is -0.326 e. The number of hydrogen-bond acceptors (Lipinski definition) is 2. The number of hydrogen-bond donors (Lipinski definition) is 1. The molecule has 1 aromatic rings. The van der Waals surface area contributed by atoms with E-state index in [4.69, 9.17) is 5.26 Å². The SMILES string of the molecule is Cc1ccc(NC(=O)CCC#N)cc1C. The van der Waals surface area contributed by atoms with Crippen LogP contribution in [0.3, 0.4) is 0 Å². The summed E-state index contributed by atoms with van der Waals surface area (Å²) < 4.78 is 0. The molecule has 3 nitrogen and oxygen atoms in total. The van der Waals surface area contributed by atoms with E-state index in [1.165, 1.54) is 5.56 Å². The molecule has 0 saturated heterocycles. The van der Waals surface area contributed by atoms with Crippen molar-refractivity contribution in [1.82, 2.24) is 0 Å². The van der Waals surface area contributed by atoms with Crippen molar-refractivity contribution in [2.75, 3.05) is 5.32 Å². The van der Waals surface area contributed by atoms with Gasteiger partial charge in [0.2, 0.25) is 5.91 Å². The summed E-state index contributed by atoms with van der Waals surface area (Å²) in [7, 11) is 0. The predicted molar refractivity (Wildman–Crippen MR) is 59.4 cm³/mol. The summed E-state index contributed by atoms with van der Waals surface area (Å²) in [5.74, 6) is -0.111. The molecule has 0 saturated carbocycles. The number of carbonyl (C=O) groups excluding carboxylic acids is 1. The molecule has 3 heteroatoms. The molecule has 1 amide bonds. The molecule has 78 valence electrons. The summed E-state index contributed by atoms with van der Waals surface area (Å²) >= 11 is 0. The molecule has 0 radical (unpaired) electrons. The van der Waals surface area contributed by atoms with Gasteiger partial charge in [0, 0.05) is 18.5 Å². The average molecular weight is 202 g/mol. The zero-order chi connectivity index (χ0) is 11.3. The van der Waals surface area contributed by atoms with Crippen LogP contribution < -0.4 is 5.32 Å². The Balaban J connectivity index is 2.62. The van der Waals surface area contributed by atoms with Gasteiger partial charge in [0.1, 0.15) is 0 Å². The molecule has 1 N–H and O–H groups in total. The second-order valence-electron chi connectivity index (χ2n) is 3.51. The molecule has 0 fully saturated rings. The van der Waals surface area contributed by atoms with Gasteiger partial charge < -0.3 is 5.32 Å². The summed E-state index contributed by atoms with van der Waals surface area (Å²) in [6.07, 6.45) is 0.514. The fourth-order valence-corrected chi connectivity index (χ4v) is 1.21. The third kappa shape index (κ3) is 3.43. The highest BCUT2D eigenvalue weighted by Gasteiger charge is 2.02. The average Bonchev–Trinajstić information content (AvgIpc) is 2.20. The van der Waals surface area contributed by atoms with Crippen LogP contribution in [0, 0.1) is 25.2 Å². The molecule has 0 aliphatic carbocycles. The first-order valence-corrected chi connectivity index (χ1v) is 4.87. The number of rotatable bonds is 3. The smallest absolute Gasteiger partial charge is 0.225 e. The van der Waals surface area contributed by atoms with E-state index in [0.717, 1.165) is 11.3 Å². The number of benzene rings is 1. The summed E-state index contributed by atoms with van der Waals surface area (Å²) in [5.41, 5.74) is 3.14. The second-order valence-corrected chi connectivity index (χ2v) is 3.51. The Morgan fingerprint density at radius 3 is 2.73 bits per heavy atom. The van der Waals surface area contributed by atoms with Crippen LogP contribution >= 0.6 is 0 Å². The largest absolute Gasteiger partial charge is 0.326 e. The molecule has 15 heavy (non-hydrogen) atoms. The van der Waals surface area contributed by atoms with E-state index in [-0.39, 0.29) is 18.7 Å². The number of nitrogens with zero attached hydrogens (tertiary/aromatic N) is 1. The zero-order valence-corrected chi connectivity index (χ0v) is 9.00. The van der Waals surface area contributed by atoms with Crippen molar-refractivity contribution in [3.8, 4) is 6.07 Å². The van der Waals surface area contributed by atoms with E-state index in [2.05, 4.69) is 5.32 Å². The summed E-state index contributed by atoms with van der Waals surface area (Å²) in [5, 5.41) is 11.1. The summed E-state index contributed by atoms with van der Waals surface area (Å²) in [6, 6.07) is 7.71. The van der Waals surface area contributed by atoms with E-state index < -0.39 is 0 Å². The minimum atomic E-state index is -0.111. The molecule has 0 spiro atoms. The molecule has 1 rings (SSSR count). The van der Waals surface area contributed by atoms with Crippen LogP contribution in [0.5, 0.6) is 0 Å².